The van der Waals surface area contributed by atoms with Crippen LogP contribution in [0.15, 0.2) is 18.2 Å². The summed E-state index contributed by atoms with van der Waals surface area (Å²) in [5.41, 5.74) is 8.52. The van der Waals surface area contributed by atoms with Gasteiger partial charge in [-0.1, -0.05) is 17.9 Å². The number of amides is 1. The molecule has 1 heterocycles. The van der Waals surface area contributed by atoms with E-state index in [0.717, 1.165) is 5.56 Å². The number of benzene rings is 1. The lowest BCUT2D eigenvalue weighted by Gasteiger charge is -1.97. The van der Waals surface area contributed by atoms with Gasteiger partial charge in [0.15, 0.2) is 0 Å². The number of hydrogen-bond donors (Lipinski definition) is 2. The molecule has 0 bridgehead atoms. The van der Waals surface area contributed by atoms with Gasteiger partial charge in [0.2, 0.25) is 5.91 Å². The minimum absolute atomic E-state index is 0.00212. The van der Waals surface area contributed by atoms with Crippen molar-refractivity contribution in [2.45, 2.75) is 13.2 Å². The van der Waals surface area contributed by atoms with Gasteiger partial charge in [-0.05, 0) is 23.3 Å². The van der Waals surface area contributed by atoms with E-state index in [2.05, 4.69) is 17.2 Å². The van der Waals surface area contributed by atoms with Gasteiger partial charge < -0.3 is 15.8 Å². The Morgan fingerprint density at radius 1 is 1.41 bits per heavy atom. The Kier molecular flexibility index (Phi) is 3.76. The van der Waals surface area contributed by atoms with Gasteiger partial charge >= 0.3 is 0 Å². The number of nitrogens with two attached hydrogens (primary N) is 1. The fourth-order valence-corrected chi connectivity index (χ4v) is 1.61. The molecule has 4 heteroatoms. The van der Waals surface area contributed by atoms with E-state index in [1.807, 2.05) is 18.2 Å². The molecule has 0 aliphatic carbocycles. The maximum absolute atomic E-state index is 10.9. The van der Waals surface area contributed by atoms with Gasteiger partial charge in [-0.3, -0.25) is 4.79 Å². The summed E-state index contributed by atoms with van der Waals surface area (Å²) in [5.74, 6) is 5.68. The van der Waals surface area contributed by atoms with Crippen LogP contribution in [0.5, 0.6) is 0 Å². The zero-order valence-electron chi connectivity index (χ0n) is 9.45. The quantitative estimate of drug-likeness (QED) is 0.710. The maximum atomic E-state index is 10.9. The van der Waals surface area contributed by atoms with E-state index in [1.165, 1.54) is 11.1 Å². The molecule has 1 amide bonds. The highest BCUT2D eigenvalue weighted by Gasteiger charge is 2.10. The lowest BCUT2D eigenvalue weighted by Crippen LogP contribution is -2.30. The second-order valence-electron chi connectivity index (χ2n) is 3.76. The molecule has 88 valence electrons. The summed E-state index contributed by atoms with van der Waals surface area (Å²) in [7, 11) is 0. The predicted molar refractivity (Wildman–Crippen MR) is 63.9 cm³/mol. The zero-order chi connectivity index (χ0) is 12.1. The molecular formula is C13H14N2O2. The van der Waals surface area contributed by atoms with Crippen LogP contribution in [-0.4, -0.2) is 19.0 Å². The van der Waals surface area contributed by atoms with Crippen molar-refractivity contribution in [3.05, 3.63) is 34.9 Å². The van der Waals surface area contributed by atoms with Crippen molar-refractivity contribution in [2.24, 2.45) is 5.73 Å². The summed E-state index contributed by atoms with van der Waals surface area (Å²) in [5, 5.41) is 2.59. The first-order chi connectivity index (χ1) is 8.29. The van der Waals surface area contributed by atoms with Crippen molar-refractivity contribution in [3.63, 3.8) is 0 Å². The van der Waals surface area contributed by atoms with Crippen molar-refractivity contribution >= 4 is 5.91 Å². The van der Waals surface area contributed by atoms with Crippen molar-refractivity contribution in [3.8, 4) is 11.8 Å². The van der Waals surface area contributed by atoms with E-state index >= 15 is 0 Å². The molecule has 1 aromatic carbocycles. The third-order valence-corrected chi connectivity index (χ3v) is 2.51. The van der Waals surface area contributed by atoms with E-state index < -0.39 is 0 Å². The number of rotatable bonds is 2. The molecule has 1 aromatic rings. The predicted octanol–water partition coefficient (Wildman–Crippen LogP) is 0.143. The van der Waals surface area contributed by atoms with Gasteiger partial charge in [0.25, 0.3) is 0 Å². The van der Waals surface area contributed by atoms with Gasteiger partial charge in [-0.15, -0.1) is 0 Å². The molecule has 0 unspecified atom stereocenters. The largest absolute Gasteiger partial charge is 0.372 e. The van der Waals surface area contributed by atoms with Crippen LogP contribution >= 0.6 is 0 Å². The summed E-state index contributed by atoms with van der Waals surface area (Å²) in [6.07, 6.45) is 0. The average molecular weight is 230 g/mol. The fraction of sp³-hybridized carbons (Fsp3) is 0.308. The second kappa shape index (κ2) is 5.48. The van der Waals surface area contributed by atoms with Gasteiger partial charge in [-0.25, -0.2) is 0 Å². The third kappa shape index (κ3) is 3.06. The van der Waals surface area contributed by atoms with Crippen LogP contribution < -0.4 is 11.1 Å². The number of carbonyl (C=O) groups is 1. The summed E-state index contributed by atoms with van der Waals surface area (Å²) in [6.45, 7) is 1.67. The van der Waals surface area contributed by atoms with Crippen molar-refractivity contribution in [1.29, 1.82) is 0 Å². The van der Waals surface area contributed by atoms with E-state index in [9.17, 15) is 4.79 Å². The van der Waals surface area contributed by atoms with Crippen molar-refractivity contribution < 1.29 is 9.53 Å². The van der Waals surface area contributed by atoms with E-state index in [-0.39, 0.29) is 12.5 Å². The first-order valence-corrected chi connectivity index (χ1v) is 5.45. The van der Waals surface area contributed by atoms with E-state index in [4.69, 9.17) is 10.5 Å². The highest BCUT2D eigenvalue weighted by atomic mass is 16.5. The van der Waals surface area contributed by atoms with Gasteiger partial charge in [0.05, 0.1) is 26.3 Å². The van der Waals surface area contributed by atoms with Crippen molar-refractivity contribution in [2.75, 3.05) is 13.1 Å². The van der Waals surface area contributed by atoms with Gasteiger partial charge in [0, 0.05) is 5.56 Å². The number of nitrogens with one attached hydrogen (secondary N) is 1. The normalized spacial score (nSPS) is 12.5. The summed E-state index contributed by atoms with van der Waals surface area (Å²) in [4.78, 5) is 10.9. The van der Waals surface area contributed by atoms with Crippen LogP contribution in [0.2, 0.25) is 0 Å². The minimum atomic E-state index is -0.193. The van der Waals surface area contributed by atoms with Crippen molar-refractivity contribution in [1.82, 2.24) is 5.32 Å². The summed E-state index contributed by atoms with van der Waals surface area (Å²) >= 11 is 0. The lowest BCUT2D eigenvalue weighted by atomic mass is 10.1. The number of ether oxygens (including phenoxy) is 1. The third-order valence-electron chi connectivity index (χ3n) is 2.51. The highest BCUT2D eigenvalue weighted by molar-refractivity contribution is 5.77. The molecule has 0 radical (unpaired) electrons. The Labute approximate surface area is 100 Å². The molecule has 0 saturated carbocycles. The Balaban J connectivity index is 1.95. The first-order valence-electron chi connectivity index (χ1n) is 5.45. The standard InChI is InChI=1S/C13H14N2O2/c14-7-13(16)15-5-1-2-10-3-4-11-8-17-9-12(11)6-10/h3-4,6H,5,7-9,14H2,(H,15,16). The number of carbonyl (C=O) groups excluding carboxylic acids is 1. The topological polar surface area (TPSA) is 64.4 Å². The molecule has 0 atom stereocenters. The van der Waals surface area contributed by atoms with Gasteiger partial charge in [-0.2, -0.15) is 0 Å². The Bertz CT molecular complexity index is 486. The molecule has 4 nitrogen and oxygen atoms in total. The molecule has 0 aromatic heterocycles. The second-order valence-corrected chi connectivity index (χ2v) is 3.76. The average Bonchev–Trinajstić information content (AvgIpc) is 2.81. The SMILES string of the molecule is NCC(=O)NCC#Cc1ccc2c(c1)COC2. The maximum Gasteiger partial charge on any atom is 0.234 e. The fourth-order valence-electron chi connectivity index (χ4n) is 1.61. The Hall–Kier alpha value is -1.83. The smallest absolute Gasteiger partial charge is 0.234 e. The molecule has 3 N–H and O–H groups in total. The van der Waals surface area contributed by atoms with E-state index in [1.54, 1.807) is 0 Å². The molecule has 1 aliphatic rings. The highest BCUT2D eigenvalue weighted by Crippen LogP contribution is 2.20. The van der Waals surface area contributed by atoms with Crippen LogP contribution in [0.25, 0.3) is 0 Å². The van der Waals surface area contributed by atoms with Crippen LogP contribution in [0.3, 0.4) is 0 Å². The molecule has 0 saturated heterocycles. The molecular weight excluding hydrogens is 216 g/mol. The van der Waals surface area contributed by atoms with Crippen LogP contribution in [0.1, 0.15) is 16.7 Å². The monoisotopic (exact) mass is 230 g/mol. The van der Waals surface area contributed by atoms with E-state index in [0.29, 0.717) is 19.8 Å². The molecule has 0 spiro atoms. The molecule has 2 rings (SSSR count). The minimum Gasteiger partial charge on any atom is -0.372 e. The summed E-state index contributed by atoms with van der Waals surface area (Å²) < 4.78 is 5.32. The molecule has 17 heavy (non-hydrogen) atoms. The van der Waals surface area contributed by atoms with Crippen LogP contribution in [0.4, 0.5) is 0 Å². The lowest BCUT2D eigenvalue weighted by molar-refractivity contribution is -0.119. The molecule has 0 fully saturated rings. The van der Waals surface area contributed by atoms with Crippen LogP contribution in [0, 0.1) is 11.8 Å². The number of fused-ring (bicyclic) bond motifs is 1. The molecule has 1 aliphatic heterocycles. The summed E-state index contributed by atoms with van der Waals surface area (Å²) in [6, 6.07) is 6.02. The Morgan fingerprint density at radius 3 is 3.06 bits per heavy atom. The van der Waals surface area contributed by atoms with Crippen LogP contribution in [-0.2, 0) is 22.7 Å². The zero-order valence-corrected chi connectivity index (χ0v) is 9.45. The number of hydrogen-bond acceptors (Lipinski definition) is 3. The van der Waals surface area contributed by atoms with Gasteiger partial charge in [0.1, 0.15) is 0 Å². The first kappa shape index (κ1) is 11.6. The Morgan fingerprint density at radius 2 is 2.24 bits per heavy atom.